The van der Waals surface area contributed by atoms with Gasteiger partial charge in [0, 0.05) is 0 Å². The number of carboxylic acids is 1. The van der Waals surface area contributed by atoms with E-state index in [1.807, 2.05) is 26.0 Å². The van der Waals surface area contributed by atoms with Gasteiger partial charge in [0.05, 0.1) is 5.92 Å². The van der Waals surface area contributed by atoms with Crippen LogP contribution in [0.5, 0.6) is 0 Å². The number of fused-ring (bicyclic) bond motifs is 1. The van der Waals surface area contributed by atoms with Gasteiger partial charge in [-0.05, 0) is 35.8 Å². The lowest BCUT2D eigenvalue weighted by Gasteiger charge is -2.22. The normalized spacial score (nSPS) is 17.4. The predicted octanol–water partition coefficient (Wildman–Crippen LogP) is 2.76. The first-order chi connectivity index (χ1) is 7.59. The third kappa shape index (κ3) is 1.97. The number of aliphatic carboxylic acids is 1. The summed E-state index contributed by atoms with van der Waals surface area (Å²) in [5.74, 6) is -0.382. The molecule has 0 amide bonds. The highest BCUT2D eigenvalue weighted by Crippen LogP contribution is 2.34. The molecule has 2 rings (SSSR count). The Morgan fingerprint density at radius 2 is 1.75 bits per heavy atom. The molecule has 0 fully saturated rings. The summed E-state index contributed by atoms with van der Waals surface area (Å²) >= 11 is 0. The van der Waals surface area contributed by atoms with E-state index in [-0.39, 0.29) is 17.8 Å². The van der Waals surface area contributed by atoms with Gasteiger partial charge in [0.15, 0.2) is 0 Å². The molecule has 0 saturated heterocycles. The molecule has 0 radical (unpaired) electrons. The monoisotopic (exact) mass is 218 g/mol. The summed E-state index contributed by atoms with van der Waals surface area (Å²) in [6.07, 6.45) is 1.84. The van der Waals surface area contributed by atoms with Crippen LogP contribution < -0.4 is 0 Å². The van der Waals surface area contributed by atoms with Gasteiger partial charge in [-0.3, -0.25) is 4.79 Å². The second-order valence-corrected chi connectivity index (χ2v) is 5.05. The first kappa shape index (κ1) is 11.2. The van der Waals surface area contributed by atoms with E-state index in [0.29, 0.717) is 0 Å². The van der Waals surface area contributed by atoms with Gasteiger partial charge in [-0.15, -0.1) is 0 Å². The van der Waals surface area contributed by atoms with E-state index in [1.54, 1.807) is 0 Å². The maximum atomic E-state index is 11.3. The van der Waals surface area contributed by atoms with Crippen LogP contribution >= 0.6 is 0 Å². The van der Waals surface area contributed by atoms with Gasteiger partial charge in [-0.1, -0.05) is 38.1 Å². The minimum atomic E-state index is -0.646. The predicted molar refractivity (Wildman–Crippen MR) is 63.3 cm³/mol. The maximum Gasteiger partial charge on any atom is 0.307 e. The van der Waals surface area contributed by atoms with Crippen molar-refractivity contribution < 1.29 is 9.90 Å². The van der Waals surface area contributed by atoms with E-state index in [2.05, 4.69) is 12.1 Å². The standard InChI is InChI=1S/C14H18O2/c1-9(2)13(14(15)16)12-7-10-5-3-4-6-11(10)8-12/h3-6,9,12-13H,7-8H2,1-2H3,(H,15,16). The molecule has 0 heterocycles. The second-order valence-electron chi connectivity index (χ2n) is 5.05. The molecule has 2 nitrogen and oxygen atoms in total. The van der Waals surface area contributed by atoms with Crippen LogP contribution in [0, 0.1) is 17.8 Å². The Kier molecular flexibility index (Phi) is 2.99. The number of carbonyl (C=O) groups is 1. The van der Waals surface area contributed by atoms with Gasteiger partial charge in [-0.25, -0.2) is 0 Å². The molecule has 1 atom stereocenters. The van der Waals surface area contributed by atoms with E-state index < -0.39 is 5.97 Å². The minimum Gasteiger partial charge on any atom is -0.481 e. The molecule has 1 aliphatic carbocycles. The van der Waals surface area contributed by atoms with Crippen LogP contribution in [0.25, 0.3) is 0 Å². The van der Waals surface area contributed by atoms with Gasteiger partial charge in [0.25, 0.3) is 0 Å². The zero-order valence-electron chi connectivity index (χ0n) is 9.81. The van der Waals surface area contributed by atoms with E-state index >= 15 is 0 Å². The Morgan fingerprint density at radius 1 is 1.25 bits per heavy atom. The fourth-order valence-corrected chi connectivity index (χ4v) is 2.88. The first-order valence-corrected chi connectivity index (χ1v) is 5.89. The zero-order chi connectivity index (χ0) is 11.7. The van der Waals surface area contributed by atoms with Crippen molar-refractivity contribution >= 4 is 5.97 Å². The Bertz CT molecular complexity index is 370. The van der Waals surface area contributed by atoms with Crippen LogP contribution in [0.1, 0.15) is 25.0 Å². The molecule has 1 unspecified atom stereocenters. The Hall–Kier alpha value is -1.31. The third-order valence-electron chi connectivity index (χ3n) is 3.59. The molecule has 1 aromatic rings. The number of benzene rings is 1. The van der Waals surface area contributed by atoms with Gasteiger partial charge in [-0.2, -0.15) is 0 Å². The van der Waals surface area contributed by atoms with Crippen molar-refractivity contribution in [2.75, 3.05) is 0 Å². The average molecular weight is 218 g/mol. The first-order valence-electron chi connectivity index (χ1n) is 5.89. The summed E-state index contributed by atoms with van der Waals surface area (Å²) in [6, 6.07) is 8.31. The molecule has 0 spiro atoms. The zero-order valence-corrected chi connectivity index (χ0v) is 9.81. The summed E-state index contributed by atoms with van der Waals surface area (Å²) in [5, 5.41) is 9.28. The van der Waals surface area contributed by atoms with Crippen molar-refractivity contribution in [3.8, 4) is 0 Å². The summed E-state index contributed by atoms with van der Waals surface area (Å²) in [6.45, 7) is 4.00. The third-order valence-corrected chi connectivity index (χ3v) is 3.59. The fourth-order valence-electron chi connectivity index (χ4n) is 2.88. The van der Waals surface area contributed by atoms with Crippen molar-refractivity contribution in [2.45, 2.75) is 26.7 Å². The van der Waals surface area contributed by atoms with Crippen molar-refractivity contribution in [3.63, 3.8) is 0 Å². The molecule has 16 heavy (non-hydrogen) atoms. The molecule has 0 bridgehead atoms. The summed E-state index contributed by atoms with van der Waals surface area (Å²) in [7, 11) is 0. The van der Waals surface area contributed by atoms with Gasteiger partial charge in [0.1, 0.15) is 0 Å². The Labute approximate surface area is 96.3 Å². The molecule has 0 aliphatic heterocycles. The van der Waals surface area contributed by atoms with E-state index in [0.717, 1.165) is 12.8 Å². The van der Waals surface area contributed by atoms with Gasteiger partial charge in [0.2, 0.25) is 0 Å². The van der Waals surface area contributed by atoms with Crippen LogP contribution in [0.15, 0.2) is 24.3 Å². The summed E-state index contributed by atoms with van der Waals surface area (Å²) < 4.78 is 0. The van der Waals surface area contributed by atoms with Crippen LogP contribution in [0.4, 0.5) is 0 Å². The quantitative estimate of drug-likeness (QED) is 0.847. The van der Waals surface area contributed by atoms with E-state index in [9.17, 15) is 9.90 Å². The number of hydrogen-bond donors (Lipinski definition) is 1. The Morgan fingerprint density at radius 3 is 2.12 bits per heavy atom. The minimum absolute atomic E-state index is 0.205. The lowest BCUT2D eigenvalue weighted by Crippen LogP contribution is -2.28. The van der Waals surface area contributed by atoms with Gasteiger partial charge >= 0.3 is 5.97 Å². The maximum absolute atomic E-state index is 11.3. The molecule has 1 aliphatic rings. The largest absolute Gasteiger partial charge is 0.481 e. The molecule has 1 N–H and O–H groups in total. The lowest BCUT2D eigenvalue weighted by molar-refractivity contribution is -0.145. The van der Waals surface area contributed by atoms with Crippen molar-refractivity contribution in [1.82, 2.24) is 0 Å². The number of hydrogen-bond acceptors (Lipinski definition) is 1. The van der Waals surface area contributed by atoms with Crippen molar-refractivity contribution in [2.24, 2.45) is 17.8 Å². The van der Waals surface area contributed by atoms with E-state index in [1.165, 1.54) is 11.1 Å². The van der Waals surface area contributed by atoms with Crippen LogP contribution in [-0.4, -0.2) is 11.1 Å². The van der Waals surface area contributed by atoms with Crippen LogP contribution in [-0.2, 0) is 17.6 Å². The number of rotatable bonds is 3. The second kappa shape index (κ2) is 4.28. The molecule has 2 heteroatoms. The molecule has 86 valence electrons. The van der Waals surface area contributed by atoms with Crippen LogP contribution in [0.3, 0.4) is 0 Å². The molecule has 0 saturated carbocycles. The molecular formula is C14H18O2. The summed E-state index contributed by atoms with van der Waals surface area (Å²) in [5.41, 5.74) is 2.67. The smallest absolute Gasteiger partial charge is 0.307 e. The van der Waals surface area contributed by atoms with Crippen LogP contribution in [0.2, 0.25) is 0 Å². The van der Waals surface area contributed by atoms with Crippen molar-refractivity contribution in [3.05, 3.63) is 35.4 Å². The Balaban J connectivity index is 2.18. The SMILES string of the molecule is CC(C)C(C(=O)O)C1Cc2ccccc2C1. The number of carboxylic acid groups (broad SMARTS) is 1. The topological polar surface area (TPSA) is 37.3 Å². The molecule has 1 aromatic carbocycles. The highest BCUT2D eigenvalue weighted by Gasteiger charge is 2.34. The summed E-state index contributed by atoms with van der Waals surface area (Å²) in [4.78, 5) is 11.3. The van der Waals surface area contributed by atoms with Gasteiger partial charge < -0.3 is 5.11 Å². The van der Waals surface area contributed by atoms with Crippen molar-refractivity contribution in [1.29, 1.82) is 0 Å². The molecule has 0 aromatic heterocycles. The highest BCUT2D eigenvalue weighted by molar-refractivity contribution is 5.71. The highest BCUT2D eigenvalue weighted by atomic mass is 16.4. The fraction of sp³-hybridized carbons (Fsp3) is 0.500. The van der Waals surface area contributed by atoms with E-state index in [4.69, 9.17) is 0 Å². The lowest BCUT2D eigenvalue weighted by atomic mass is 9.82. The average Bonchev–Trinajstić information content (AvgIpc) is 2.58. The molecular weight excluding hydrogens is 200 g/mol.